The lowest BCUT2D eigenvalue weighted by Crippen LogP contribution is -2.38. The van der Waals surface area contributed by atoms with E-state index < -0.39 is 10.0 Å². The minimum absolute atomic E-state index is 0.110. The number of aliphatic hydroxyl groups is 1. The van der Waals surface area contributed by atoms with E-state index in [0.29, 0.717) is 11.4 Å². The minimum atomic E-state index is -3.55. The predicted molar refractivity (Wildman–Crippen MR) is 84.1 cm³/mol. The third-order valence-electron chi connectivity index (χ3n) is 5.03. The summed E-state index contributed by atoms with van der Waals surface area (Å²) >= 11 is 0. The predicted octanol–water partition coefficient (Wildman–Crippen LogP) is 2.37. The van der Waals surface area contributed by atoms with Gasteiger partial charge in [0.25, 0.3) is 0 Å². The summed E-state index contributed by atoms with van der Waals surface area (Å²) in [4.78, 5) is 0.434. The van der Waals surface area contributed by atoms with E-state index in [-0.39, 0.29) is 12.6 Å². The van der Waals surface area contributed by atoms with E-state index in [1.807, 2.05) is 34.6 Å². The Morgan fingerprint density at radius 1 is 1.00 bits per heavy atom. The van der Waals surface area contributed by atoms with Crippen LogP contribution in [0.3, 0.4) is 0 Å². The molecular formula is C16H25NO3S. The van der Waals surface area contributed by atoms with Gasteiger partial charge in [-0.2, -0.15) is 4.31 Å². The zero-order valence-corrected chi connectivity index (χ0v) is 14.3. The molecule has 0 saturated carbocycles. The van der Waals surface area contributed by atoms with Gasteiger partial charge in [0.2, 0.25) is 10.0 Å². The van der Waals surface area contributed by atoms with E-state index in [9.17, 15) is 13.5 Å². The molecule has 5 heteroatoms. The Balaban J connectivity index is 2.66. The van der Waals surface area contributed by atoms with Crippen LogP contribution < -0.4 is 0 Å². The Morgan fingerprint density at radius 3 is 1.95 bits per heavy atom. The summed E-state index contributed by atoms with van der Waals surface area (Å²) in [5, 5.41) is 9.43. The van der Waals surface area contributed by atoms with Gasteiger partial charge in [-0.15, -0.1) is 0 Å². The molecule has 118 valence electrons. The molecular weight excluding hydrogens is 286 g/mol. The molecule has 21 heavy (non-hydrogen) atoms. The van der Waals surface area contributed by atoms with Crippen molar-refractivity contribution in [1.29, 1.82) is 0 Å². The van der Waals surface area contributed by atoms with Crippen molar-refractivity contribution in [1.82, 2.24) is 4.31 Å². The maximum absolute atomic E-state index is 13.1. The molecule has 0 spiro atoms. The first-order valence-electron chi connectivity index (χ1n) is 7.43. The highest BCUT2D eigenvalue weighted by atomic mass is 32.2. The second kappa shape index (κ2) is 5.71. The van der Waals surface area contributed by atoms with Crippen molar-refractivity contribution in [3.63, 3.8) is 0 Å². The number of hydrogen-bond acceptors (Lipinski definition) is 3. The van der Waals surface area contributed by atoms with Gasteiger partial charge in [-0.1, -0.05) is 0 Å². The van der Waals surface area contributed by atoms with Gasteiger partial charge in [-0.25, -0.2) is 8.42 Å². The molecule has 1 saturated heterocycles. The lowest BCUT2D eigenvalue weighted by atomic mass is 9.95. The molecule has 1 aliphatic rings. The maximum Gasteiger partial charge on any atom is 0.243 e. The number of rotatable bonds is 3. The Labute approximate surface area is 127 Å². The van der Waals surface area contributed by atoms with Crippen LogP contribution >= 0.6 is 0 Å². The van der Waals surface area contributed by atoms with Crippen molar-refractivity contribution in [3.8, 4) is 0 Å². The Morgan fingerprint density at radius 2 is 1.48 bits per heavy atom. The molecule has 1 aromatic carbocycles. The third kappa shape index (κ3) is 2.51. The summed E-state index contributed by atoms with van der Waals surface area (Å²) in [6, 6.07) is -0.282. The molecule has 0 bridgehead atoms. The quantitative estimate of drug-likeness (QED) is 0.932. The smallest absolute Gasteiger partial charge is 0.243 e. The first kappa shape index (κ1) is 16.5. The topological polar surface area (TPSA) is 57.6 Å². The average molecular weight is 311 g/mol. The fraction of sp³-hybridized carbons (Fsp3) is 0.625. The van der Waals surface area contributed by atoms with Crippen molar-refractivity contribution in [3.05, 3.63) is 27.8 Å². The van der Waals surface area contributed by atoms with Gasteiger partial charge in [0, 0.05) is 12.6 Å². The summed E-state index contributed by atoms with van der Waals surface area (Å²) in [6.07, 6.45) is 1.55. The van der Waals surface area contributed by atoms with E-state index in [4.69, 9.17) is 0 Å². The fourth-order valence-electron chi connectivity index (χ4n) is 3.28. The highest BCUT2D eigenvalue weighted by Gasteiger charge is 2.37. The van der Waals surface area contributed by atoms with Crippen LogP contribution in [0.5, 0.6) is 0 Å². The van der Waals surface area contributed by atoms with Crippen LogP contribution in [-0.4, -0.2) is 37.0 Å². The SMILES string of the molecule is Cc1c(C)c(C)c(S(=O)(=O)N2CCCC2CO)c(C)c1C. The van der Waals surface area contributed by atoms with Crippen molar-refractivity contribution in [2.45, 2.75) is 58.4 Å². The molecule has 2 rings (SSSR count). The van der Waals surface area contributed by atoms with Gasteiger partial charge in [0.1, 0.15) is 0 Å². The van der Waals surface area contributed by atoms with Crippen LogP contribution in [0.25, 0.3) is 0 Å². The standard InChI is InChI=1S/C16H25NO3S/c1-10-11(2)13(4)16(14(5)12(10)3)21(19,20)17-8-6-7-15(17)9-18/h15,18H,6-9H2,1-5H3. The molecule has 0 radical (unpaired) electrons. The number of hydrogen-bond donors (Lipinski definition) is 1. The molecule has 0 amide bonds. The summed E-state index contributed by atoms with van der Waals surface area (Å²) in [6.45, 7) is 10.1. The van der Waals surface area contributed by atoms with Gasteiger partial charge < -0.3 is 5.11 Å². The highest BCUT2D eigenvalue weighted by Crippen LogP contribution is 2.34. The lowest BCUT2D eigenvalue weighted by molar-refractivity contribution is 0.213. The summed E-state index contributed by atoms with van der Waals surface area (Å²) in [5.41, 5.74) is 4.90. The van der Waals surface area contributed by atoms with Gasteiger partial charge in [0.05, 0.1) is 11.5 Å². The van der Waals surface area contributed by atoms with Gasteiger partial charge >= 0.3 is 0 Å². The molecule has 0 aromatic heterocycles. The Hall–Kier alpha value is -0.910. The maximum atomic E-state index is 13.1. The number of nitrogens with zero attached hydrogens (tertiary/aromatic N) is 1. The molecule has 1 aromatic rings. The second-order valence-corrected chi connectivity index (χ2v) is 7.88. The van der Waals surface area contributed by atoms with Gasteiger partial charge in [0.15, 0.2) is 0 Å². The molecule has 1 atom stereocenters. The van der Waals surface area contributed by atoms with E-state index in [1.165, 1.54) is 4.31 Å². The Kier molecular flexibility index (Phi) is 4.47. The molecule has 1 heterocycles. The van der Waals surface area contributed by atoms with E-state index in [2.05, 4.69) is 0 Å². The number of sulfonamides is 1. The van der Waals surface area contributed by atoms with Crippen molar-refractivity contribution < 1.29 is 13.5 Å². The molecule has 1 N–H and O–H groups in total. The van der Waals surface area contributed by atoms with Crippen LogP contribution in [0.15, 0.2) is 4.90 Å². The zero-order valence-electron chi connectivity index (χ0n) is 13.5. The van der Waals surface area contributed by atoms with Crippen LogP contribution in [0.1, 0.15) is 40.7 Å². The molecule has 1 fully saturated rings. The summed E-state index contributed by atoms with van der Waals surface area (Å²) < 4.78 is 27.6. The van der Waals surface area contributed by atoms with Crippen molar-refractivity contribution in [2.75, 3.05) is 13.2 Å². The van der Waals surface area contributed by atoms with Crippen LogP contribution in [0.2, 0.25) is 0 Å². The zero-order chi connectivity index (χ0) is 15.9. The van der Waals surface area contributed by atoms with E-state index >= 15 is 0 Å². The highest BCUT2D eigenvalue weighted by molar-refractivity contribution is 7.89. The summed E-state index contributed by atoms with van der Waals surface area (Å²) in [5.74, 6) is 0. The summed E-state index contributed by atoms with van der Waals surface area (Å²) in [7, 11) is -3.55. The lowest BCUT2D eigenvalue weighted by Gasteiger charge is -2.26. The van der Waals surface area contributed by atoms with Crippen molar-refractivity contribution in [2.24, 2.45) is 0 Å². The first-order chi connectivity index (χ1) is 9.73. The van der Waals surface area contributed by atoms with Gasteiger partial charge in [-0.05, 0) is 75.3 Å². The second-order valence-electron chi connectivity index (χ2n) is 6.05. The van der Waals surface area contributed by atoms with Gasteiger partial charge in [-0.3, -0.25) is 0 Å². The fourth-order valence-corrected chi connectivity index (χ4v) is 5.53. The van der Waals surface area contributed by atoms with Crippen LogP contribution in [0, 0.1) is 34.6 Å². The average Bonchev–Trinajstić information content (AvgIpc) is 2.92. The van der Waals surface area contributed by atoms with E-state index in [1.54, 1.807) is 0 Å². The number of benzene rings is 1. The molecule has 1 aliphatic heterocycles. The normalized spacial score (nSPS) is 20.2. The monoisotopic (exact) mass is 311 g/mol. The van der Waals surface area contributed by atoms with E-state index in [0.717, 1.165) is 40.7 Å². The molecule has 4 nitrogen and oxygen atoms in total. The van der Waals surface area contributed by atoms with Crippen molar-refractivity contribution >= 4 is 10.0 Å². The molecule has 0 aliphatic carbocycles. The third-order valence-corrected chi connectivity index (χ3v) is 7.26. The first-order valence-corrected chi connectivity index (χ1v) is 8.87. The number of aliphatic hydroxyl groups excluding tert-OH is 1. The van der Waals surface area contributed by atoms with Crippen LogP contribution in [0.4, 0.5) is 0 Å². The van der Waals surface area contributed by atoms with Crippen LogP contribution in [-0.2, 0) is 10.0 Å². The Bertz CT molecular complexity index is 636. The molecule has 1 unspecified atom stereocenters. The largest absolute Gasteiger partial charge is 0.395 e. The minimum Gasteiger partial charge on any atom is -0.395 e.